The van der Waals surface area contributed by atoms with Crippen molar-refractivity contribution in [1.29, 1.82) is 0 Å². The molecule has 1 heterocycles. The van der Waals surface area contributed by atoms with Crippen molar-refractivity contribution in [3.05, 3.63) is 96.1 Å². The maximum atomic E-state index is 14.2. The van der Waals surface area contributed by atoms with E-state index >= 15 is 0 Å². The van der Waals surface area contributed by atoms with E-state index in [2.05, 4.69) is 16.1 Å². The van der Waals surface area contributed by atoms with Crippen molar-refractivity contribution in [2.45, 2.75) is 58.0 Å². The molecular formula is C33H40N6O4. The molecule has 0 aliphatic carbocycles. The number of amides is 6. The highest BCUT2D eigenvalue weighted by atomic mass is 16.2. The lowest BCUT2D eigenvalue weighted by atomic mass is 9.86. The van der Waals surface area contributed by atoms with Crippen LogP contribution in [-0.2, 0) is 9.59 Å². The number of rotatable bonds is 7. The second-order valence-electron chi connectivity index (χ2n) is 12.1. The van der Waals surface area contributed by atoms with Crippen molar-refractivity contribution in [1.82, 2.24) is 15.8 Å². The Kier molecular flexibility index (Phi) is 9.70. The van der Waals surface area contributed by atoms with E-state index in [0.29, 0.717) is 24.2 Å². The Labute approximate surface area is 252 Å². The number of carbonyl (C=O) groups excluding carboxylic acids is 4. The van der Waals surface area contributed by atoms with Crippen LogP contribution in [0.1, 0.15) is 63.1 Å². The molecule has 0 radical (unpaired) electrons. The SMILES string of the molecule is CN(C(N)=O)c1cccc(NC(=O)NC2CC(c3ccccc3)CC(c3ccccc3)N(NC(=O)CC(C)(C)C)C2=O)c1. The van der Waals surface area contributed by atoms with Crippen LogP contribution in [-0.4, -0.2) is 42.0 Å². The van der Waals surface area contributed by atoms with Crippen molar-refractivity contribution in [3.63, 3.8) is 0 Å². The fourth-order valence-electron chi connectivity index (χ4n) is 5.29. The molecule has 10 nitrogen and oxygen atoms in total. The Morgan fingerprint density at radius 2 is 1.53 bits per heavy atom. The first-order chi connectivity index (χ1) is 20.4. The molecule has 1 saturated heterocycles. The van der Waals surface area contributed by atoms with Crippen LogP contribution in [0.15, 0.2) is 84.9 Å². The summed E-state index contributed by atoms with van der Waals surface area (Å²) in [4.78, 5) is 53.5. The number of nitrogens with two attached hydrogens (primary N) is 1. The van der Waals surface area contributed by atoms with Gasteiger partial charge in [-0.15, -0.1) is 0 Å². The predicted octanol–water partition coefficient (Wildman–Crippen LogP) is 5.31. The Morgan fingerprint density at radius 3 is 2.14 bits per heavy atom. The lowest BCUT2D eigenvalue weighted by molar-refractivity contribution is -0.146. The molecule has 3 aromatic carbocycles. The first-order valence-electron chi connectivity index (χ1n) is 14.3. The third kappa shape index (κ3) is 8.34. The Hall–Kier alpha value is -4.86. The molecular weight excluding hydrogens is 544 g/mol. The summed E-state index contributed by atoms with van der Waals surface area (Å²) in [6.07, 6.45) is 1.08. The van der Waals surface area contributed by atoms with E-state index in [-0.39, 0.29) is 23.7 Å². The molecule has 3 unspecified atom stereocenters. The smallest absolute Gasteiger partial charge is 0.319 e. The minimum Gasteiger partial charge on any atom is -0.351 e. The fraction of sp³-hybridized carbons (Fsp3) is 0.333. The van der Waals surface area contributed by atoms with Gasteiger partial charge in [0.15, 0.2) is 0 Å². The number of hydrogen-bond donors (Lipinski definition) is 4. The highest BCUT2D eigenvalue weighted by Gasteiger charge is 2.40. The van der Waals surface area contributed by atoms with Crippen LogP contribution < -0.4 is 26.7 Å². The maximum absolute atomic E-state index is 14.2. The molecule has 6 amide bonds. The van der Waals surface area contributed by atoms with Crippen molar-refractivity contribution < 1.29 is 19.2 Å². The zero-order valence-corrected chi connectivity index (χ0v) is 25.0. The van der Waals surface area contributed by atoms with Crippen molar-refractivity contribution in [2.24, 2.45) is 11.1 Å². The average Bonchev–Trinajstić information content (AvgIpc) is 3.09. The van der Waals surface area contributed by atoms with Crippen LogP contribution in [0.4, 0.5) is 21.0 Å². The van der Waals surface area contributed by atoms with Crippen LogP contribution >= 0.6 is 0 Å². The van der Waals surface area contributed by atoms with E-state index in [4.69, 9.17) is 5.73 Å². The molecule has 10 heteroatoms. The van der Waals surface area contributed by atoms with Gasteiger partial charge in [-0.3, -0.25) is 19.9 Å². The monoisotopic (exact) mass is 584 g/mol. The Balaban J connectivity index is 1.66. The second kappa shape index (κ2) is 13.4. The Morgan fingerprint density at radius 1 is 0.907 bits per heavy atom. The van der Waals surface area contributed by atoms with Gasteiger partial charge in [-0.05, 0) is 53.5 Å². The second-order valence-corrected chi connectivity index (χ2v) is 12.1. The van der Waals surface area contributed by atoms with Crippen LogP contribution in [0.2, 0.25) is 0 Å². The van der Waals surface area contributed by atoms with Crippen LogP contribution in [0.3, 0.4) is 0 Å². The average molecular weight is 585 g/mol. The zero-order valence-electron chi connectivity index (χ0n) is 25.0. The topological polar surface area (TPSA) is 137 Å². The van der Waals surface area contributed by atoms with Crippen LogP contribution in [0.25, 0.3) is 0 Å². The Bertz CT molecular complexity index is 1440. The number of carbonyl (C=O) groups is 4. The summed E-state index contributed by atoms with van der Waals surface area (Å²) in [7, 11) is 1.53. The number of hydrazine groups is 1. The number of nitrogens with zero attached hydrogens (tertiary/aromatic N) is 2. The molecule has 226 valence electrons. The van der Waals surface area contributed by atoms with Crippen LogP contribution in [0, 0.1) is 5.41 Å². The van der Waals surface area contributed by atoms with Gasteiger partial charge in [0.2, 0.25) is 5.91 Å². The molecule has 0 aromatic heterocycles. The maximum Gasteiger partial charge on any atom is 0.319 e. The number of benzene rings is 3. The first-order valence-corrected chi connectivity index (χ1v) is 14.3. The highest BCUT2D eigenvalue weighted by Crippen LogP contribution is 2.38. The molecule has 3 atom stereocenters. The lowest BCUT2D eigenvalue weighted by Gasteiger charge is -2.33. The van der Waals surface area contributed by atoms with Crippen molar-refractivity contribution in [2.75, 3.05) is 17.3 Å². The van der Waals surface area contributed by atoms with Gasteiger partial charge < -0.3 is 16.4 Å². The number of anilines is 2. The molecule has 1 aliphatic heterocycles. The van der Waals surface area contributed by atoms with E-state index < -0.39 is 30.1 Å². The largest absolute Gasteiger partial charge is 0.351 e. The quantitative estimate of drug-likeness (QED) is 0.299. The minimum absolute atomic E-state index is 0.0993. The first kappa shape index (κ1) is 31.1. The molecule has 0 spiro atoms. The number of urea groups is 2. The number of nitrogens with one attached hydrogen (secondary N) is 3. The van der Waals surface area contributed by atoms with Gasteiger partial charge in [-0.1, -0.05) is 87.5 Å². The predicted molar refractivity (Wildman–Crippen MR) is 167 cm³/mol. The van der Waals surface area contributed by atoms with E-state index in [0.717, 1.165) is 11.1 Å². The number of hydrogen-bond acceptors (Lipinski definition) is 4. The third-order valence-corrected chi connectivity index (χ3v) is 7.39. The van der Waals surface area contributed by atoms with E-state index in [1.165, 1.54) is 17.0 Å². The van der Waals surface area contributed by atoms with Gasteiger partial charge >= 0.3 is 12.1 Å². The highest BCUT2D eigenvalue weighted by molar-refractivity contribution is 5.96. The molecule has 0 saturated carbocycles. The summed E-state index contributed by atoms with van der Waals surface area (Å²) in [5, 5.41) is 7.02. The summed E-state index contributed by atoms with van der Waals surface area (Å²) in [5.41, 5.74) is 10.8. The van der Waals surface area contributed by atoms with Gasteiger partial charge in [0.25, 0.3) is 5.91 Å². The zero-order chi connectivity index (χ0) is 31.1. The van der Waals surface area contributed by atoms with Gasteiger partial charge in [0.1, 0.15) is 6.04 Å². The van der Waals surface area contributed by atoms with Crippen LogP contribution in [0.5, 0.6) is 0 Å². The summed E-state index contributed by atoms with van der Waals surface area (Å²) in [6, 6.07) is 23.5. The molecule has 4 rings (SSSR count). The summed E-state index contributed by atoms with van der Waals surface area (Å²) < 4.78 is 0. The summed E-state index contributed by atoms with van der Waals surface area (Å²) in [5.74, 6) is -0.789. The minimum atomic E-state index is -0.940. The lowest BCUT2D eigenvalue weighted by Crippen LogP contribution is -2.55. The number of primary amides is 1. The van der Waals surface area contributed by atoms with Gasteiger partial charge in [-0.2, -0.15) is 0 Å². The standard InChI is InChI=1S/C33H40N6O4/c1-33(2,3)21-29(40)37-39-28(23-14-9-6-10-15-23)19-24(22-12-7-5-8-13-22)18-27(30(39)41)36-32(43)35-25-16-11-17-26(20-25)38(4)31(34)42/h5-17,20,24,27-28H,18-19,21H2,1-4H3,(H2,34,42)(H,37,40)(H2,35,36,43). The summed E-state index contributed by atoms with van der Waals surface area (Å²) >= 11 is 0. The molecule has 1 aliphatic rings. The fourth-order valence-corrected chi connectivity index (χ4v) is 5.29. The van der Waals surface area contributed by atoms with Crippen molar-refractivity contribution in [3.8, 4) is 0 Å². The van der Waals surface area contributed by atoms with E-state index in [1.54, 1.807) is 24.3 Å². The molecule has 43 heavy (non-hydrogen) atoms. The molecule has 3 aromatic rings. The normalized spacial score (nSPS) is 18.7. The van der Waals surface area contributed by atoms with Gasteiger partial charge in [0, 0.05) is 24.8 Å². The van der Waals surface area contributed by atoms with E-state index in [9.17, 15) is 19.2 Å². The third-order valence-electron chi connectivity index (χ3n) is 7.39. The summed E-state index contributed by atoms with van der Waals surface area (Å²) in [6.45, 7) is 5.88. The van der Waals surface area contributed by atoms with Gasteiger partial charge in [0.05, 0.1) is 6.04 Å². The van der Waals surface area contributed by atoms with Gasteiger partial charge in [-0.25, -0.2) is 14.6 Å². The van der Waals surface area contributed by atoms with E-state index in [1.807, 2.05) is 81.4 Å². The molecule has 0 bridgehead atoms. The van der Waals surface area contributed by atoms with Crippen molar-refractivity contribution >= 4 is 35.3 Å². The molecule has 5 N–H and O–H groups in total. The molecule has 1 fully saturated rings.